The minimum absolute atomic E-state index is 0.0372. The van der Waals surface area contributed by atoms with E-state index in [4.69, 9.17) is 4.74 Å². The molecule has 0 bridgehead atoms. The Balaban J connectivity index is 1.82. The highest BCUT2D eigenvalue weighted by molar-refractivity contribution is 7.87. The van der Waals surface area contributed by atoms with Gasteiger partial charge in [0.1, 0.15) is 12.6 Å². The number of ether oxygens (including phenoxy) is 1. The maximum atomic E-state index is 12.7. The Labute approximate surface area is 168 Å². The maximum absolute atomic E-state index is 12.7. The lowest BCUT2D eigenvalue weighted by molar-refractivity contribution is -0.126. The van der Waals surface area contributed by atoms with Crippen molar-refractivity contribution in [2.24, 2.45) is 0 Å². The number of benzene rings is 2. The second-order valence-corrected chi connectivity index (χ2v) is 7.65. The Bertz CT molecular complexity index is 1010. The summed E-state index contributed by atoms with van der Waals surface area (Å²) in [5, 5.41) is 2.55. The largest absolute Gasteiger partial charge is 0.731 e. The topological polar surface area (TPSA) is 128 Å². The predicted octanol–water partition coefficient (Wildman–Crippen LogP) is 1.37. The van der Waals surface area contributed by atoms with Crippen molar-refractivity contribution in [1.82, 2.24) is 10.2 Å². The van der Waals surface area contributed by atoms with Crippen molar-refractivity contribution in [3.05, 3.63) is 65.2 Å². The normalized spacial score (nSPS) is 15.9. The second-order valence-electron chi connectivity index (χ2n) is 6.54. The molecule has 3 rings (SSSR count). The van der Waals surface area contributed by atoms with Crippen molar-refractivity contribution in [2.45, 2.75) is 25.6 Å². The van der Waals surface area contributed by atoms with Crippen LogP contribution in [0.5, 0.6) is 0 Å². The second kappa shape index (κ2) is 8.50. The molecule has 2 aromatic carbocycles. The van der Waals surface area contributed by atoms with Gasteiger partial charge in [0.05, 0.1) is 6.54 Å². The van der Waals surface area contributed by atoms with Gasteiger partial charge in [-0.1, -0.05) is 36.4 Å². The summed E-state index contributed by atoms with van der Waals surface area (Å²) in [6.07, 6.45) is -0.428. The number of nitrogens with one attached hydrogen (secondary N) is 2. The molecule has 9 nitrogen and oxygen atoms in total. The molecule has 0 radical (unpaired) electrons. The lowest BCUT2D eigenvalue weighted by Gasteiger charge is -2.35. The van der Waals surface area contributed by atoms with Crippen molar-refractivity contribution in [1.29, 1.82) is 0 Å². The zero-order chi connectivity index (χ0) is 21.0. The first-order valence-electron chi connectivity index (χ1n) is 8.81. The highest BCUT2D eigenvalue weighted by Crippen LogP contribution is 2.27. The van der Waals surface area contributed by atoms with Crippen LogP contribution in [-0.2, 0) is 39.4 Å². The van der Waals surface area contributed by atoms with Gasteiger partial charge in [-0.05, 0) is 28.8 Å². The van der Waals surface area contributed by atoms with E-state index in [2.05, 4.69) is 5.32 Å². The Morgan fingerprint density at radius 2 is 1.90 bits per heavy atom. The monoisotopic (exact) mass is 418 g/mol. The van der Waals surface area contributed by atoms with Crippen LogP contribution in [0.15, 0.2) is 48.5 Å². The van der Waals surface area contributed by atoms with Crippen LogP contribution >= 0.6 is 0 Å². The van der Waals surface area contributed by atoms with Gasteiger partial charge in [0.2, 0.25) is 5.91 Å². The molecule has 0 fully saturated rings. The summed E-state index contributed by atoms with van der Waals surface area (Å²) in [6.45, 7) is 0.0922. The lowest BCUT2D eigenvalue weighted by Crippen LogP contribution is -2.52. The van der Waals surface area contributed by atoms with Gasteiger partial charge in [-0.15, -0.1) is 0 Å². The number of carbonyl (C=O) groups excluding carboxylic acids is 2. The van der Waals surface area contributed by atoms with Gasteiger partial charge < -0.3 is 14.6 Å². The summed E-state index contributed by atoms with van der Waals surface area (Å²) in [6, 6.07) is 12.9. The molecule has 0 saturated heterocycles. The van der Waals surface area contributed by atoms with Crippen LogP contribution in [0.2, 0.25) is 0 Å². The lowest BCUT2D eigenvalue weighted by atomic mass is 9.93. The molecule has 1 aliphatic heterocycles. The van der Waals surface area contributed by atoms with Crippen LogP contribution in [0.25, 0.3) is 0 Å². The Kier molecular flexibility index (Phi) is 6.04. The molecule has 1 heterocycles. The summed E-state index contributed by atoms with van der Waals surface area (Å²) in [5.41, 5.74) is 2.30. The number of anilines is 1. The number of amides is 2. The summed E-state index contributed by atoms with van der Waals surface area (Å²) in [4.78, 5) is 26.3. The molecule has 154 valence electrons. The van der Waals surface area contributed by atoms with E-state index in [1.807, 2.05) is 35.1 Å². The standard InChI is InChI=1S/C19H21N3O6S/c1-20-18(23)17-10-14-7-8-16(21-29(25,26)27)9-15(14)11-22(17)19(24)28-12-13-5-3-2-4-6-13/h2-9,17,21H,10-12H2,1H3,(H,20,23)(H,25,26,27)/p-1/t17-/m0/s1. The third-order valence-electron chi connectivity index (χ3n) is 4.57. The first-order valence-corrected chi connectivity index (χ1v) is 10.2. The molecule has 2 N–H and O–H groups in total. The van der Waals surface area contributed by atoms with Crippen molar-refractivity contribution in [2.75, 3.05) is 11.8 Å². The van der Waals surface area contributed by atoms with Gasteiger partial charge in [-0.25, -0.2) is 13.2 Å². The van der Waals surface area contributed by atoms with Gasteiger partial charge in [-0.3, -0.25) is 14.4 Å². The van der Waals surface area contributed by atoms with E-state index in [9.17, 15) is 22.6 Å². The van der Waals surface area contributed by atoms with Gasteiger partial charge in [0.25, 0.3) is 0 Å². The fourth-order valence-electron chi connectivity index (χ4n) is 3.19. The minimum atomic E-state index is -4.67. The van der Waals surface area contributed by atoms with Crippen LogP contribution < -0.4 is 10.0 Å². The molecular weight excluding hydrogens is 398 g/mol. The van der Waals surface area contributed by atoms with E-state index < -0.39 is 22.4 Å². The number of carbonyl (C=O) groups is 2. The van der Waals surface area contributed by atoms with Gasteiger partial charge in [-0.2, -0.15) is 0 Å². The fourth-order valence-corrected chi connectivity index (χ4v) is 3.60. The number of fused-ring (bicyclic) bond motifs is 1. The number of nitrogens with zero attached hydrogens (tertiary/aromatic N) is 1. The first-order chi connectivity index (χ1) is 13.8. The summed E-state index contributed by atoms with van der Waals surface area (Å²) in [7, 11) is -3.19. The zero-order valence-electron chi connectivity index (χ0n) is 15.6. The SMILES string of the molecule is CNC(=O)[C@@H]1Cc2ccc(NS(=O)(=O)[O-])cc2CN1C(=O)OCc1ccccc1. The molecule has 1 atom stereocenters. The van der Waals surface area contributed by atoms with Crippen LogP contribution in [0.3, 0.4) is 0 Å². The van der Waals surface area contributed by atoms with E-state index in [0.29, 0.717) is 5.56 Å². The molecule has 10 heteroatoms. The molecule has 0 unspecified atom stereocenters. The van der Waals surface area contributed by atoms with Gasteiger partial charge >= 0.3 is 6.09 Å². The van der Waals surface area contributed by atoms with E-state index in [0.717, 1.165) is 11.1 Å². The molecule has 2 amide bonds. The number of rotatable bonds is 5. The number of hydrogen-bond donors (Lipinski definition) is 2. The van der Waals surface area contributed by atoms with Crippen molar-refractivity contribution < 1.29 is 27.3 Å². The highest BCUT2D eigenvalue weighted by Gasteiger charge is 2.35. The van der Waals surface area contributed by atoms with Crippen molar-refractivity contribution >= 4 is 28.0 Å². The van der Waals surface area contributed by atoms with Crippen molar-refractivity contribution in [3.63, 3.8) is 0 Å². The van der Waals surface area contributed by atoms with E-state index in [1.165, 1.54) is 24.1 Å². The summed E-state index contributed by atoms with van der Waals surface area (Å²) >= 11 is 0. The Morgan fingerprint density at radius 3 is 2.55 bits per heavy atom. The van der Waals surface area contributed by atoms with Crippen LogP contribution in [0.4, 0.5) is 10.5 Å². The molecule has 29 heavy (non-hydrogen) atoms. The minimum Gasteiger partial charge on any atom is -0.731 e. The molecule has 0 aromatic heterocycles. The number of hydrogen-bond acceptors (Lipinski definition) is 6. The third kappa shape index (κ3) is 5.24. The molecule has 1 aliphatic rings. The van der Waals surface area contributed by atoms with Crippen LogP contribution in [0.1, 0.15) is 16.7 Å². The first kappa shape index (κ1) is 20.6. The third-order valence-corrected chi connectivity index (χ3v) is 5.05. The predicted molar refractivity (Wildman–Crippen MR) is 103 cm³/mol. The Morgan fingerprint density at radius 1 is 1.17 bits per heavy atom. The van der Waals surface area contributed by atoms with E-state index >= 15 is 0 Å². The number of likely N-dealkylation sites (N-methyl/N-ethyl adjacent to an activating group) is 1. The molecule has 2 aromatic rings. The molecule has 0 aliphatic carbocycles. The summed E-state index contributed by atoms with van der Waals surface area (Å²) in [5.74, 6) is -0.336. The van der Waals surface area contributed by atoms with E-state index in [1.54, 1.807) is 6.07 Å². The highest BCUT2D eigenvalue weighted by atomic mass is 32.2. The Hall–Kier alpha value is -3.11. The quantitative estimate of drug-likeness (QED) is 0.706. The maximum Gasteiger partial charge on any atom is 0.411 e. The molecule has 0 spiro atoms. The average molecular weight is 418 g/mol. The van der Waals surface area contributed by atoms with Gasteiger partial charge in [0, 0.05) is 19.2 Å². The zero-order valence-corrected chi connectivity index (χ0v) is 16.4. The van der Waals surface area contributed by atoms with E-state index in [-0.39, 0.29) is 31.2 Å². The molecular formula is C19H20N3O6S-. The van der Waals surface area contributed by atoms with Crippen LogP contribution in [0, 0.1) is 0 Å². The van der Waals surface area contributed by atoms with Gasteiger partial charge in [0.15, 0.2) is 10.3 Å². The molecule has 0 saturated carbocycles. The summed E-state index contributed by atoms with van der Waals surface area (Å²) < 4.78 is 40.0. The van der Waals surface area contributed by atoms with Crippen LogP contribution in [-0.4, -0.2) is 43.0 Å². The fraction of sp³-hybridized carbons (Fsp3) is 0.263. The van der Waals surface area contributed by atoms with Crippen molar-refractivity contribution in [3.8, 4) is 0 Å². The smallest absolute Gasteiger partial charge is 0.411 e. The average Bonchev–Trinajstić information content (AvgIpc) is 2.70.